The van der Waals surface area contributed by atoms with Crippen LogP contribution in [0.1, 0.15) is 23.7 Å². The number of benzene rings is 1. The van der Waals surface area contributed by atoms with Gasteiger partial charge in [0, 0.05) is 25.1 Å². The van der Waals surface area contributed by atoms with Gasteiger partial charge in [-0.15, -0.1) is 0 Å². The van der Waals surface area contributed by atoms with Crippen LogP contribution in [-0.2, 0) is 4.79 Å². The lowest BCUT2D eigenvalue weighted by Crippen LogP contribution is -2.32. The molecule has 0 aliphatic carbocycles. The topological polar surface area (TPSA) is 80.5 Å². The number of halogens is 1. The lowest BCUT2D eigenvalue weighted by molar-refractivity contribution is -0.384. The molecule has 6 nitrogen and oxygen atoms in total. The zero-order chi connectivity index (χ0) is 14.2. The summed E-state index contributed by atoms with van der Waals surface area (Å²) >= 11 is 5.88. The Hall–Kier alpha value is -1.95. The Bertz CT molecular complexity index is 573. The van der Waals surface area contributed by atoms with E-state index in [4.69, 9.17) is 11.6 Å². The fourth-order valence-corrected chi connectivity index (χ4v) is 2.22. The Balaban J connectivity index is 2.36. The van der Waals surface area contributed by atoms with Crippen molar-refractivity contribution >= 4 is 29.1 Å². The van der Waals surface area contributed by atoms with Gasteiger partial charge >= 0.3 is 0 Å². The van der Waals surface area contributed by atoms with Crippen molar-refractivity contribution < 1.29 is 14.5 Å². The SMILES string of the molecule is CC1CC(=O)N(C(=O)c2cc([N+](=O)[O-])ccc2Cl)C1. The Labute approximate surface area is 114 Å². The number of hydrogen-bond acceptors (Lipinski definition) is 4. The Morgan fingerprint density at radius 3 is 2.74 bits per heavy atom. The van der Waals surface area contributed by atoms with E-state index in [1.165, 1.54) is 12.1 Å². The number of carbonyl (C=O) groups excluding carboxylic acids is 2. The van der Waals surface area contributed by atoms with Crippen LogP contribution in [0, 0.1) is 16.0 Å². The third-order valence-corrected chi connectivity index (χ3v) is 3.28. The molecule has 7 heteroatoms. The summed E-state index contributed by atoms with van der Waals surface area (Å²) in [5.41, 5.74) is -0.245. The first-order valence-electron chi connectivity index (χ1n) is 5.68. The molecule has 19 heavy (non-hydrogen) atoms. The maximum Gasteiger partial charge on any atom is 0.270 e. The average Bonchev–Trinajstić information content (AvgIpc) is 2.68. The van der Waals surface area contributed by atoms with Gasteiger partial charge in [-0.25, -0.2) is 0 Å². The largest absolute Gasteiger partial charge is 0.278 e. The second kappa shape index (κ2) is 4.97. The number of nitro benzene ring substituents is 1. The van der Waals surface area contributed by atoms with Gasteiger partial charge in [-0.2, -0.15) is 0 Å². The minimum atomic E-state index is -0.610. The summed E-state index contributed by atoms with van der Waals surface area (Å²) in [4.78, 5) is 35.0. The fraction of sp³-hybridized carbons (Fsp3) is 0.333. The quantitative estimate of drug-likeness (QED) is 0.473. The summed E-state index contributed by atoms with van der Waals surface area (Å²) in [5.74, 6) is -0.767. The van der Waals surface area contributed by atoms with Crippen molar-refractivity contribution in [3.63, 3.8) is 0 Å². The molecular formula is C12H11ClN2O4. The van der Waals surface area contributed by atoms with Gasteiger partial charge in [0.1, 0.15) is 0 Å². The van der Waals surface area contributed by atoms with E-state index in [1.807, 2.05) is 6.92 Å². The van der Waals surface area contributed by atoms with Crippen LogP contribution in [0.15, 0.2) is 18.2 Å². The number of rotatable bonds is 2. The van der Waals surface area contributed by atoms with E-state index in [-0.39, 0.29) is 28.1 Å². The maximum atomic E-state index is 12.2. The fourth-order valence-electron chi connectivity index (χ4n) is 2.02. The van der Waals surface area contributed by atoms with E-state index in [1.54, 1.807) is 0 Å². The van der Waals surface area contributed by atoms with Crippen LogP contribution in [0.3, 0.4) is 0 Å². The minimum Gasteiger partial charge on any atom is -0.278 e. The molecule has 0 bridgehead atoms. The lowest BCUT2D eigenvalue weighted by atomic mass is 10.1. The lowest BCUT2D eigenvalue weighted by Gasteiger charge is -2.14. The molecule has 1 unspecified atom stereocenters. The van der Waals surface area contributed by atoms with Crippen molar-refractivity contribution in [3.05, 3.63) is 38.9 Å². The molecule has 1 aromatic rings. The molecule has 1 heterocycles. The van der Waals surface area contributed by atoms with Crippen LogP contribution in [0.5, 0.6) is 0 Å². The molecule has 0 N–H and O–H groups in total. The highest BCUT2D eigenvalue weighted by Crippen LogP contribution is 2.26. The van der Waals surface area contributed by atoms with Gasteiger partial charge in [0.2, 0.25) is 5.91 Å². The molecule has 1 atom stereocenters. The highest BCUT2D eigenvalue weighted by atomic mass is 35.5. The van der Waals surface area contributed by atoms with Crippen molar-refractivity contribution in [2.24, 2.45) is 5.92 Å². The van der Waals surface area contributed by atoms with Crippen LogP contribution < -0.4 is 0 Å². The number of nitrogens with zero attached hydrogens (tertiary/aromatic N) is 2. The number of amides is 2. The van der Waals surface area contributed by atoms with Gasteiger partial charge in [0.25, 0.3) is 11.6 Å². The predicted octanol–water partition coefficient (Wildman–Crippen LogP) is 2.26. The first-order valence-corrected chi connectivity index (χ1v) is 6.06. The molecule has 1 aromatic carbocycles. The van der Waals surface area contributed by atoms with Gasteiger partial charge < -0.3 is 0 Å². The predicted molar refractivity (Wildman–Crippen MR) is 67.9 cm³/mol. The monoisotopic (exact) mass is 282 g/mol. The van der Waals surface area contributed by atoms with Gasteiger partial charge in [-0.05, 0) is 12.0 Å². The molecular weight excluding hydrogens is 272 g/mol. The molecule has 2 amide bonds. The molecule has 1 aliphatic heterocycles. The first-order chi connectivity index (χ1) is 8.90. The Morgan fingerprint density at radius 2 is 2.21 bits per heavy atom. The Morgan fingerprint density at radius 1 is 1.53 bits per heavy atom. The third-order valence-electron chi connectivity index (χ3n) is 2.95. The summed E-state index contributed by atoms with van der Waals surface area (Å²) < 4.78 is 0. The highest BCUT2D eigenvalue weighted by Gasteiger charge is 2.33. The molecule has 0 radical (unpaired) electrons. The number of non-ortho nitro benzene ring substituents is 1. The molecule has 0 aromatic heterocycles. The van der Waals surface area contributed by atoms with Crippen LogP contribution in [0.25, 0.3) is 0 Å². The third kappa shape index (κ3) is 2.58. The standard InChI is InChI=1S/C12H11ClN2O4/c1-7-4-11(16)14(6-7)12(17)9-5-8(15(18)19)2-3-10(9)13/h2-3,5,7H,4,6H2,1H3. The number of imide groups is 1. The summed E-state index contributed by atoms with van der Waals surface area (Å²) in [6.07, 6.45) is 0.304. The number of hydrogen-bond donors (Lipinski definition) is 0. The zero-order valence-electron chi connectivity index (χ0n) is 10.1. The number of nitro groups is 1. The molecule has 2 rings (SSSR count). The van der Waals surface area contributed by atoms with Crippen LogP contribution in [0.4, 0.5) is 5.69 Å². The van der Waals surface area contributed by atoms with Gasteiger partial charge in [0.15, 0.2) is 0 Å². The van der Waals surface area contributed by atoms with E-state index in [0.29, 0.717) is 13.0 Å². The first kappa shape index (κ1) is 13.5. The summed E-state index contributed by atoms with van der Waals surface area (Å²) in [7, 11) is 0. The molecule has 0 saturated carbocycles. The van der Waals surface area contributed by atoms with E-state index in [2.05, 4.69) is 0 Å². The molecule has 1 fully saturated rings. The van der Waals surface area contributed by atoms with Crippen LogP contribution >= 0.6 is 11.6 Å². The second-order valence-electron chi connectivity index (χ2n) is 4.54. The average molecular weight is 283 g/mol. The highest BCUT2D eigenvalue weighted by molar-refractivity contribution is 6.34. The van der Waals surface area contributed by atoms with Crippen molar-refractivity contribution in [3.8, 4) is 0 Å². The number of carbonyl (C=O) groups is 2. The summed E-state index contributed by atoms with van der Waals surface area (Å²) in [6, 6.07) is 3.60. The van der Waals surface area contributed by atoms with E-state index in [9.17, 15) is 19.7 Å². The number of likely N-dealkylation sites (tertiary alicyclic amines) is 1. The van der Waals surface area contributed by atoms with Crippen LogP contribution in [0.2, 0.25) is 5.02 Å². The molecule has 1 saturated heterocycles. The van der Waals surface area contributed by atoms with E-state index >= 15 is 0 Å². The van der Waals surface area contributed by atoms with Crippen molar-refractivity contribution in [1.29, 1.82) is 0 Å². The van der Waals surface area contributed by atoms with E-state index < -0.39 is 10.8 Å². The van der Waals surface area contributed by atoms with Crippen molar-refractivity contribution in [2.45, 2.75) is 13.3 Å². The second-order valence-corrected chi connectivity index (χ2v) is 4.95. The zero-order valence-corrected chi connectivity index (χ0v) is 10.9. The summed E-state index contributed by atoms with van der Waals surface area (Å²) in [6.45, 7) is 2.18. The molecule has 0 spiro atoms. The van der Waals surface area contributed by atoms with Crippen molar-refractivity contribution in [2.75, 3.05) is 6.54 Å². The van der Waals surface area contributed by atoms with Gasteiger partial charge in [-0.1, -0.05) is 18.5 Å². The Kier molecular flexibility index (Phi) is 3.53. The van der Waals surface area contributed by atoms with Gasteiger partial charge in [0.05, 0.1) is 15.5 Å². The smallest absolute Gasteiger partial charge is 0.270 e. The normalized spacial score (nSPS) is 18.7. The molecule has 1 aliphatic rings. The van der Waals surface area contributed by atoms with Gasteiger partial charge in [-0.3, -0.25) is 24.6 Å². The maximum absolute atomic E-state index is 12.2. The van der Waals surface area contributed by atoms with Crippen molar-refractivity contribution in [1.82, 2.24) is 4.90 Å². The minimum absolute atomic E-state index is 0.0154. The van der Waals surface area contributed by atoms with Crippen LogP contribution in [-0.4, -0.2) is 28.2 Å². The van der Waals surface area contributed by atoms with E-state index in [0.717, 1.165) is 11.0 Å². The summed E-state index contributed by atoms with van der Waals surface area (Å²) in [5, 5.41) is 10.8. The molecule has 100 valence electrons.